The Labute approximate surface area is 242 Å². The van der Waals surface area contributed by atoms with Crippen molar-refractivity contribution in [3.63, 3.8) is 0 Å². The Kier molecular flexibility index (Phi) is 9.83. The molecule has 0 aromatic heterocycles. The third-order valence-corrected chi connectivity index (χ3v) is 10.4. The molecule has 0 unspecified atom stereocenters. The topological polar surface area (TPSA) is 113 Å². The number of likely N-dealkylation sites (tertiary alicyclic amines) is 1. The maximum absolute atomic E-state index is 14.0. The average Bonchev–Trinajstić information content (AvgIpc) is 3.00. The van der Waals surface area contributed by atoms with Gasteiger partial charge in [0.25, 0.3) is 0 Å². The molecule has 0 spiro atoms. The first kappa shape index (κ1) is 30.3. The molecule has 8 nitrogen and oxygen atoms in total. The summed E-state index contributed by atoms with van der Waals surface area (Å²) in [6, 6.07) is 21.7. The third kappa shape index (κ3) is 6.63. The van der Waals surface area contributed by atoms with E-state index in [4.69, 9.17) is 4.74 Å². The Morgan fingerprint density at radius 3 is 2.22 bits per heavy atom. The fourth-order valence-corrected chi connectivity index (χ4v) is 7.38. The molecule has 2 N–H and O–H groups in total. The lowest BCUT2D eigenvalue weighted by molar-refractivity contribution is -0.142. The second-order valence-corrected chi connectivity index (χ2v) is 12.7. The molecule has 0 bridgehead atoms. The van der Waals surface area contributed by atoms with Gasteiger partial charge in [-0.3, -0.25) is 4.79 Å². The zero-order valence-corrected chi connectivity index (χ0v) is 24.4. The number of nitrogens with zero attached hydrogens (tertiary/aromatic N) is 1. The highest BCUT2D eigenvalue weighted by Gasteiger charge is 2.53. The van der Waals surface area contributed by atoms with Crippen LogP contribution in [0.15, 0.2) is 83.8 Å². The highest BCUT2D eigenvalue weighted by atomic mass is 32.2. The summed E-state index contributed by atoms with van der Waals surface area (Å²) in [5, 5.41) is 12.7. The number of para-hydroxylation sites is 1. The Balaban J connectivity index is 1.57. The van der Waals surface area contributed by atoms with Gasteiger partial charge in [0.2, 0.25) is 5.91 Å². The van der Waals surface area contributed by atoms with E-state index in [1.165, 1.54) is 12.1 Å². The largest absolute Gasteiger partial charge is 0.496 e. The minimum atomic E-state index is -4.10. The van der Waals surface area contributed by atoms with E-state index in [0.717, 1.165) is 36.3 Å². The number of unbranched alkanes of at least 4 members (excludes halogenated alkanes) is 1. The van der Waals surface area contributed by atoms with Gasteiger partial charge >= 0.3 is 5.97 Å². The molecular formula is C32H38N2O6S. The fraction of sp³-hybridized carbons (Fsp3) is 0.375. The van der Waals surface area contributed by atoms with Crippen LogP contribution in [-0.4, -0.2) is 67.8 Å². The quantitative estimate of drug-likeness (QED) is 0.323. The number of carboxylic acid groups (broad SMARTS) is 1. The van der Waals surface area contributed by atoms with Crippen LogP contribution in [0, 0.1) is 0 Å². The van der Waals surface area contributed by atoms with Crippen LogP contribution < -0.4 is 10.1 Å². The van der Waals surface area contributed by atoms with E-state index in [0.29, 0.717) is 18.7 Å². The highest BCUT2D eigenvalue weighted by Crippen LogP contribution is 2.36. The van der Waals surface area contributed by atoms with Gasteiger partial charge in [0.15, 0.2) is 14.6 Å². The van der Waals surface area contributed by atoms with Gasteiger partial charge in [-0.05, 0) is 55.1 Å². The van der Waals surface area contributed by atoms with Crippen LogP contribution in [0.5, 0.6) is 5.75 Å². The number of carboxylic acids is 1. The van der Waals surface area contributed by atoms with Crippen molar-refractivity contribution in [3.05, 3.63) is 84.4 Å². The van der Waals surface area contributed by atoms with Crippen molar-refractivity contribution < 1.29 is 27.9 Å². The lowest BCUT2D eigenvalue weighted by atomic mass is 9.93. The first-order chi connectivity index (χ1) is 19.7. The van der Waals surface area contributed by atoms with E-state index in [2.05, 4.69) is 17.1 Å². The molecule has 218 valence electrons. The van der Waals surface area contributed by atoms with Crippen LogP contribution in [-0.2, 0) is 25.8 Å². The van der Waals surface area contributed by atoms with Gasteiger partial charge in [0.05, 0.1) is 12.0 Å². The van der Waals surface area contributed by atoms with Gasteiger partial charge in [-0.25, -0.2) is 13.2 Å². The lowest BCUT2D eigenvalue weighted by Crippen LogP contribution is -2.60. The van der Waals surface area contributed by atoms with Crippen LogP contribution in [0.2, 0.25) is 0 Å². The number of methoxy groups -OCH3 is 1. The second-order valence-electron chi connectivity index (χ2n) is 10.5. The SMILES string of the molecule is CCCCN1CCC(C(=O)N[C@@H](Cc2ccc(-c3ccccc3OC)cc2)C(=O)O)(S(=O)(=O)c2ccccc2)CC1. The molecule has 1 aliphatic rings. The van der Waals surface area contributed by atoms with Gasteiger partial charge in [-0.2, -0.15) is 0 Å². The minimum absolute atomic E-state index is 0.0113. The molecule has 1 heterocycles. The molecule has 4 rings (SSSR count). The Bertz CT molecular complexity index is 1430. The van der Waals surface area contributed by atoms with Crippen LogP contribution in [0.4, 0.5) is 0 Å². The van der Waals surface area contributed by atoms with Crippen molar-refractivity contribution >= 4 is 21.7 Å². The summed E-state index contributed by atoms with van der Waals surface area (Å²) in [5.41, 5.74) is 2.51. The van der Waals surface area contributed by atoms with Crippen LogP contribution in [0.25, 0.3) is 11.1 Å². The lowest BCUT2D eigenvalue weighted by Gasteiger charge is -2.40. The van der Waals surface area contributed by atoms with E-state index < -0.39 is 32.5 Å². The van der Waals surface area contributed by atoms with Crippen molar-refractivity contribution in [3.8, 4) is 16.9 Å². The van der Waals surface area contributed by atoms with Crippen molar-refractivity contribution in [2.75, 3.05) is 26.7 Å². The Morgan fingerprint density at radius 1 is 0.976 bits per heavy atom. The van der Waals surface area contributed by atoms with Crippen LogP contribution in [0.1, 0.15) is 38.2 Å². The summed E-state index contributed by atoms with van der Waals surface area (Å²) in [6.07, 6.45) is 2.21. The van der Waals surface area contributed by atoms with Crippen molar-refractivity contribution in [1.29, 1.82) is 0 Å². The smallest absolute Gasteiger partial charge is 0.326 e. The molecule has 3 aromatic carbocycles. The number of hydrogen-bond donors (Lipinski definition) is 2. The van der Waals surface area contributed by atoms with Crippen LogP contribution in [0.3, 0.4) is 0 Å². The summed E-state index contributed by atoms with van der Waals surface area (Å²) in [6.45, 7) is 3.82. The number of hydrogen-bond acceptors (Lipinski definition) is 6. The summed E-state index contributed by atoms with van der Waals surface area (Å²) >= 11 is 0. The summed E-state index contributed by atoms with van der Waals surface area (Å²) < 4.78 is 31.6. The summed E-state index contributed by atoms with van der Waals surface area (Å²) in [5.74, 6) is -1.25. The molecule has 1 aliphatic heterocycles. The summed E-state index contributed by atoms with van der Waals surface area (Å²) in [4.78, 5) is 28.4. The van der Waals surface area contributed by atoms with Crippen molar-refractivity contribution in [1.82, 2.24) is 10.2 Å². The standard InChI is InChI=1S/C32H38N2O6S/c1-3-4-20-34-21-18-32(19-22-34,41(38,39)26-10-6-5-7-11-26)31(37)33-28(30(35)36)23-24-14-16-25(17-15-24)27-12-8-9-13-29(27)40-2/h5-17,28H,3-4,18-23H2,1-2H3,(H,33,37)(H,35,36)/t28-/m0/s1. The van der Waals surface area contributed by atoms with Gasteiger partial charge in [-0.1, -0.05) is 74.0 Å². The number of carbonyl (C=O) groups is 2. The molecule has 1 fully saturated rings. The molecule has 1 saturated heterocycles. The van der Waals surface area contributed by atoms with Gasteiger partial charge in [-0.15, -0.1) is 0 Å². The normalized spacial score (nSPS) is 16.0. The van der Waals surface area contributed by atoms with Gasteiger partial charge in [0, 0.05) is 25.1 Å². The number of nitrogens with one attached hydrogen (secondary N) is 1. The van der Waals surface area contributed by atoms with Crippen LogP contribution >= 0.6 is 0 Å². The Hall–Kier alpha value is -3.69. The molecular weight excluding hydrogens is 540 g/mol. The second kappa shape index (κ2) is 13.3. The Morgan fingerprint density at radius 2 is 1.61 bits per heavy atom. The van der Waals surface area contributed by atoms with E-state index >= 15 is 0 Å². The molecule has 0 aliphatic carbocycles. The molecule has 3 aromatic rings. The predicted molar refractivity (Wildman–Crippen MR) is 159 cm³/mol. The summed E-state index contributed by atoms with van der Waals surface area (Å²) in [7, 11) is -2.49. The third-order valence-electron chi connectivity index (χ3n) is 7.89. The zero-order valence-electron chi connectivity index (χ0n) is 23.6. The number of piperidine rings is 1. The maximum atomic E-state index is 14.0. The van der Waals surface area contributed by atoms with E-state index in [9.17, 15) is 23.1 Å². The number of sulfone groups is 1. The molecule has 9 heteroatoms. The highest BCUT2D eigenvalue weighted by molar-refractivity contribution is 7.93. The fourth-order valence-electron chi connectivity index (χ4n) is 5.39. The zero-order chi connectivity index (χ0) is 29.5. The number of carbonyl (C=O) groups excluding carboxylic acids is 1. The average molecular weight is 579 g/mol. The molecule has 1 amide bonds. The molecule has 1 atom stereocenters. The maximum Gasteiger partial charge on any atom is 0.326 e. The monoisotopic (exact) mass is 578 g/mol. The van der Waals surface area contributed by atoms with E-state index in [-0.39, 0.29) is 24.2 Å². The number of amides is 1. The number of ether oxygens (including phenoxy) is 1. The minimum Gasteiger partial charge on any atom is -0.496 e. The van der Waals surface area contributed by atoms with Gasteiger partial charge in [0.1, 0.15) is 11.8 Å². The number of rotatable bonds is 12. The first-order valence-electron chi connectivity index (χ1n) is 14.0. The van der Waals surface area contributed by atoms with Gasteiger partial charge < -0.3 is 20.1 Å². The van der Waals surface area contributed by atoms with E-state index in [1.54, 1.807) is 25.3 Å². The van der Waals surface area contributed by atoms with Crippen molar-refractivity contribution in [2.45, 2.75) is 54.7 Å². The molecule has 0 saturated carbocycles. The molecule has 41 heavy (non-hydrogen) atoms. The number of benzene rings is 3. The van der Waals surface area contributed by atoms with E-state index in [1.807, 2.05) is 48.5 Å². The first-order valence-corrected chi connectivity index (χ1v) is 15.5. The molecule has 0 radical (unpaired) electrons. The number of aliphatic carboxylic acids is 1. The predicted octanol–water partition coefficient (Wildman–Crippen LogP) is 4.58. The van der Waals surface area contributed by atoms with Crippen molar-refractivity contribution in [2.24, 2.45) is 0 Å².